The van der Waals surface area contributed by atoms with E-state index >= 15 is 0 Å². The largest absolute Gasteiger partial charge is 0.480 e. The summed E-state index contributed by atoms with van der Waals surface area (Å²) < 4.78 is 0. The second-order valence-electron chi connectivity index (χ2n) is 7.37. The molecule has 0 aliphatic carbocycles. The molecule has 4 amide bonds. The molecule has 0 saturated carbocycles. The van der Waals surface area contributed by atoms with E-state index in [1.807, 2.05) is 0 Å². The predicted molar refractivity (Wildman–Crippen MR) is 126 cm³/mol. The Kier molecular flexibility index (Phi) is 14.2. The second-order valence-corrected chi connectivity index (χ2v) is 7.73. The average molecular weight is 507 g/mol. The first-order valence-electron chi connectivity index (χ1n) is 10.3. The summed E-state index contributed by atoms with van der Waals surface area (Å²) in [4.78, 5) is 63.5. The first-order valence-corrected chi connectivity index (χ1v) is 10.9. The van der Waals surface area contributed by atoms with Crippen LogP contribution in [0.2, 0.25) is 0 Å². The average Bonchev–Trinajstić information content (AvgIpc) is 2.76. The van der Waals surface area contributed by atoms with E-state index in [1.54, 1.807) is 0 Å². The smallest absolute Gasteiger partial charge is 0.326 e. The lowest BCUT2D eigenvalue weighted by Crippen LogP contribution is -2.55. The molecule has 0 rings (SSSR count). The number of guanidine groups is 1. The summed E-state index contributed by atoms with van der Waals surface area (Å²) in [6, 6.07) is -4.69. The first-order chi connectivity index (χ1) is 15.8. The van der Waals surface area contributed by atoms with Gasteiger partial charge >= 0.3 is 5.97 Å². The second kappa shape index (κ2) is 15.7. The summed E-state index contributed by atoms with van der Waals surface area (Å²) in [5, 5.41) is 27.8. The minimum Gasteiger partial charge on any atom is -0.480 e. The number of nitrogens with zero attached hydrogens (tertiary/aromatic N) is 1. The van der Waals surface area contributed by atoms with E-state index in [0.717, 1.165) is 0 Å². The van der Waals surface area contributed by atoms with E-state index < -0.39 is 66.4 Å². The molecule has 0 radical (unpaired) electrons. The fourth-order valence-electron chi connectivity index (χ4n) is 2.39. The van der Waals surface area contributed by atoms with Gasteiger partial charge in [0.1, 0.15) is 24.2 Å². The van der Waals surface area contributed by atoms with Gasteiger partial charge in [-0.05, 0) is 26.7 Å². The van der Waals surface area contributed by atoms with Crippen molar-refractivity contribution in [2.75, 3.05) is 18.8 Å². The van der Waals surface area contributed by atoms with Gasteiger partial charge in [-0.1, -0.05) is 0 Å². The third-order valence-corrected chi connectivity index (χ3v) is 4.76. The lowest BCUT2D eigenvalue weighted by molar-refractivity contribution is -0.142. The molecule has 34 heavy (non-hydrogen) atoms. The summed E-state index contributed by atoms with van der Waals surface area (Å²) in [6.07, 6.45) is -0.788. The number of rotatable bonds is 15. The van der Waals surface area contributed by atoms with Crippen molar-refractivity contribution >= 4 is 48.2 Å². The molecule has 15 nitrogen and oxygen atoms in total. The number of thiol groups is 1. The number of aliphatic imine (C=N–C) groups is 1. The maximum absolute atomic E-state index is 12.4. The van der Waals surface area contributed by atoms with Gasteiger partial charge in [0.2, 0.25) is 23.6 Å². The summed E-state index contributed by atoms with van der Waals surface area (Å²) in [5.41, 5.74) is 15.9. The predicted octanol–water partition coefficient (Wildman–Crippen LogP) is -4.65. The minimum absolute atomic E-state index is 0.0451. The molecule has 0 aliphatic heterocycles. The lowest BCUT2D eigenvalue weighted by Gasteiger charge is -2.21. The van der Waals surface area contributed by atoms with Crippen LogP contribution in [0.4, 0.5) is 0 Å². The zero-order valence-corrected chi connectivity index (χ0v) is 19.9. The van der Waals surface area contributed by atoms with Gasteiger partial charge in [-0.25, -0.2) is 4.79 Å². The van der Waals surface area contributed by atoms with Crippen molar-refractivity contribution in [1.29, 1.82) is 0 Å². The number of aliphatic hydroxyl groups is 1. The number of amides is 4. The molecule has 0 saturated heterocycles. The molecule has 0 heterocycles. The number of carbonyl (C=O) groups excluding carboxylic acids is 4. The Morgan fingerprint density at radius 2 is 1.59 bits per heavy atom. The number of aliphatic carboxylic acids is 1. The van der Waals surface area contributed by atoms with Crippen molar-refractivity contribution in [3.05, 3.63) is 0 Å². The molecule has 194 valence electrons. The van der Waals surface area contributed by atoms with Crippen molar-refractivity contribution in [3.8, 4) is 0 Å². The van der Waals surface area contributed by atoms with Gasteiger partial charge in [0, 0.05) is 12.3 Å². The fraction of sp³-hybridized carbons (Fsp3) is 0.667. The van der Waals surface area contributed by atoms with Crippen LogP contribution >= 0.6 is 12.6 Å². The minimum atomic E-state index is -1.28. The maximum atomic E-state index is 12.4. The van der Waals surface area contributed by atoms with E-state index in [-0.39, 0.29) is 31.1 Å². The Hall–Kier alpha value is -3.11. The van der Waals surface area contributed by atoms with Crippen molar-refractivity contribution in [2.24, 2.45) is 22.2 Å². The van der Waals surface area contributed by atoms with Gasteiger partial charge < -0.3 is 48.7 Å². The van der Waals surface area contributed by atoms with Crippen molar-refractivity contribution < 1.29 is 34.2 Å². The quantitative estimate of drug-likeness (QED) is 0.0439. The Bertz CT molecular complexity index is 761. The number of nitrogens with one attached hydrogen (secondary N) is 4. The molecular weight excluding hydrogens is 472 g/mol. The SMILES string of the molecule is C[C@@H](NC(=O)[C@@H](N)[C@@H](C)O)C(=O)NCC(=O)N[C@H](CS)C(=O)N[C@@H](CCCN=C(N)N)C(=O)O. The lowest BCUT2D eigenvalue weighted by atomic mass is 10.1. The van der Waals surface area contributed by atoms with Crippen LogP contribution < -0.4 is 38.5 Å². The van der Waals surface area contributed by atoms with Gasteiger partial charge in [0.25, 0.3) is 0 Å². The Balaban J connectivity index is 4.69. The molecule has 0 aromatic rings. The van der Waals surface area contributed by atoms with E-state index in [4.69, 9.17) is 17.2 Å². The van der Waals surface area contributed by atoms with E-state index in [2.05, 4.69) is 38.9 Å². The normalized spacial score (nSPS) is 15.0. The third-order valence-electron chi connectivity index (χ3n) is 4.39. The van der Waals surface area contributed by atoms with Crippen LogP contribution in [0.3, 0.4) is 0 Å². The molecule has 0 aromatic carbocycles. The Morgan fingerprint density at radius 1 is 0.971 bits per heavy atom. The molecule has 0 bridgehead atoms. The van der Waals surface area contributed by atoms with Crippen LogP contribution in [0.1, 0.15) is 26.7 Å². The molecule has 12 N–H and O–H groups in total. The molecule has 16 heteroatoms. The number of aliphatic hydroxyl groups excluding tert-OH is 1. The van der Waals surface area contributed by atoms with Gasteiger partial charge in [-0.15, -0.1) is 0 Å². The molecule has 5 atom stereocenters. The van der Waals surface area contributed by atoms with E-state index in [9.17, 15) is 34.2 Å². The fourth-order valence-corrected chi connectivity index (χ4v) is 2.64. The van der Waals surface area contributed by atoms with Gasteiger partial charge in [-0.2, -0.15) is 12.6 Å². The summed E-state index contributed by atoms with van der Waals surface area (Å²) in [6.45, 7) is 2.32. The molecular formula is C18H34N8O7S. The molecule has 0 unspecified atom stereocenters. The zero-order chi connectivity index (χ0) is 26.4. The zero-order valence-electron chi connectivity index (χ0n) is 19.0. The number of carboxylic acid groups (broad SMARTS) is 1. The first kappa shape index (κ1) is 30.9. The van der Waals surface area contributed by atoms with Crippen molar-refractivity contribution in [2.45, 2.75) is 57.0 Å². The molecule has 0 spiro atoms. The molecule has 0 aromatic heterocycles. The van der Waals surface area contributed by atoms with E-state index in [1.165, 1.54) is 13.8 Å². The Morgan fingerprint density at radius 3 is 2.09 bits per heavy atom. The topological polar surface area (TPSA) is 264 Å². The van der Waals surface area contributed by atoms with Crippen LogP contribution in [0.5, 0.6) is 0 Å². The van der Waals surface area contributed by atoms with Crippen molar-refractivity contribution in [3.63, 3.8) is 0 Å². The van der Waals surface area contributed by atoms with Crippen LogP contribution in [-0.4, -0.2) is 94.9 Å². The molecule has 0 aliphatic rings. The summed E-state index contributed by atoms with van der Waals surface area (Å²) >= 11 is 3.99. The highest BCUT2D eigenvalue weighted by atomic mass is 32.1. The van der Waals surface area contributed by atoms with Crippen LogP contribution in [0.15, 0.2) is 4.99 Å². The third kappa shape index (κ3) is 12.2. The summed E-state index contributed by atoms with van der Waals surface area (Å²) in [7, 11) is 0. The monoisotopic (exact) mass is 506 g/mol. The van der Waals surface area contributed by atoms with Crippen LogP contribution in [0, 0.1) is 0 Å². The number of carbonyl (C=O) groups is 5. The van der Waals surface area contributed by atoms with Gasteiger partial charge in [0.15, 0.2) is 5.96 Å². The highest BCUT2D eigenvalue weighted by Gasteiger charge is 2.26. The number of hydrogen-bond acceptors (Lipinski definition) is 9. The van der Waals surface area contributed by atoms with E-state index in [0.29, 0.717) is 0 Å². The highest BCUT2D eigenvalue weighted by Crippen LogP contribution is 2.00. The Labute approximate surface area is 202 Å². The van der Waals surface area contributed by atoms with Crippen LogP contribution in [-0.2, 0) is 24.0 Å². The molecule has 0 fully saturated rings. The van der Waals surface area contributed by atoms with Crippen molar-refractivity contribution in [1.82, 2.24) is 21.3 Å². The van der Waals surface area contributed by atoms with Gasteiger partial charge in [0.05, 0.1) is 12.6 Å². The summed E-state index contributed by atoms with van der Waals surface area (Å²) in [5.74, 6) is -4.55. The number of carboxylic acids is 1. The number of nitrogens with two attached hydrogens (primary N) is 3. The maximum Gasteiger partial charge on any atom is 0.326 e. The van der Waals surface area contributed by atoms with Crippen LogP contribution in [0.25, 0.3) is 0 Å². The van der Waals surface area contributed by atoms with Gasteiger partial charge in [-0.3, -0.25) is 24.2 Å². The number of hydrogen-bond donors (Lipinski definition) is 10. The highest BCUT2D eigenvalue weighted by molar-refractivity contribution is 7.80. The standard InChI is InChI=1S/C18H34N8O7S/c1-8(24-16(31)13(19)9(2)27)14(29)23-6-12(28)25-11(7-34)15(30)26-10(17(32)33)4-3-5-22-18(20)21/h8-11,13,27,34H,3-7,19H2,1-2H3,(H,23,29)(H,24,31)(H,25,28)(H,26,30)(H,32,33)(H4,20,21,22)/t8-,9-,10+,11-,13+/m1/s1.